The third-order valence-electron chi connectivity index (χ3n) is 8.66. The van der Waals surface area contributed by atoms with Crippen LogP contribution in [-0.2, 0) is 32.1 Å². The monoisotopic (exact) mass is 673 g/mol. The molecule has 5 rings (SSSR count). The first-order chi connectivity index (χ1) is 20.6. The molecule has 2 aliphatic carbocycles. The summed E-state index contributed by atoms with van der Waals surface area (Å²) in [4.78, 5) is 16.0. The molecule has 0 N–H and O–H groups in total. The highest BCUT2D eigenvalue weighted by Crippen LogP contribution is 2.31. The van der Waals surface area contributed by atoms with Crippen LogP contribution in [0.4, 0.5) is 11.4 Å². The van der Waals surface area contributed by atoms with Gasteiger partial charge < -0.3 is 0 Å². The van der Waals surface area contributed by atoms with Crippen LogP contribution >= 0.6 is 22.6 Å². The minimum atomic E-state index is 0.988. The molecule has 2 aromatic carbocycles. The zero-order valence-corrected chi connectivity index (χ0v) is 28.2. The van der Waals surface area contributed by atoms with Crippen molar-refractivity contribution in [2.45, 2.75) is 124 Å². The normalized spacial score (nSPS) is 16.6. The Balaban J connectivity index is 1.50. The Hall–Kier alpha value is -2.34. The summed E-state index contributed by atoms with van der Waals surface area (Å²) in [6.07, 6.45) is 18.5. The molecule has 0 atom stereocenters. The highest BCUT2D eigenvalue weighted by Gasteiger charge is 2.24. The van der Waals surface area contributed by atoms with E-state index in [1.807, 2.05) is 0 Å². The summed E-state index contributed by atoms with van der Waals surface area (Å²) in [7, 11) is 0. The predicted molar refractivity (Wildman–Crippen MR) is 189 cm³/mol. The highest BCUT2D eigenvalue weighted by molar-refractivity contribution is 14.1. The lowest BCUT2D eigenvalue weighted by Crippen LogP contribution is -2.21. The largest absolute Gasteiger partial charge is 0.251 e. The number of aryl methyl sites for hydroxylation is 5. The van der Waals surface area contributed by atoms with Gasteiger partial charge in [-0.3, -0.25) is 9.98 Å². The van der Waals surface area contributed by atoms with Crippen molar-refractivity contribution < 1.29 is 0 Å². The fourth-order valence-electron chi connectivity index (χ4n) is 6.42. The molecule has 3 nitrogen and oxygen atoms in total. The number of rotatable bonds is 12. The third kappa shape index (κ3) is 8.18. The van der Waals surface area contributed by atoms with E-state index in [1.54, 1.807) is 0 Å². The summed E-state index contributed by atoms with van der Waals surface area (Å²) in [6.45, 7) is 6.81. The number of aliphatic imine (C=N–C) groups is 2. The van der Waals surface area contributed by atoms with Gasteiger partial charge in [0, 0.05) is 3.57 Å². The quantitative estimate of drug-likeness (QED) is 0.139. The minimum absolute atomic E-state index is 0.988. The standard InChI is InChI=1S/C38H48IN3/c1-4-7-10-15-28-20-27(13-8-5-2)22-33(23-28)40-35-18-11-16-30-25-31-17-12-19-36(38(31)42-37(30)35)41-34-24-29(14-9-6-3)21-32(39)26-34/h20-26H,4-19H2,1-3H3. The third-order valence-corrected chi connectivity index (χ3v) is 9.28. The van der Waals surface area contributed by atoms with E-state index in [0.717, 1.165) is 92.0 Å². The van der Waals surface area contributed by atoms with Gasteiger partial charge in [0.25, 0.3) is 0 Å². The molecule has 0 radical (unpaired) electrons. The number of hydrogen-bond donors (Lipinski definition) is 0. The number of nitrogens with zero attached hydrogens (tertiary/aromatic N) is 3. The summed E-state index contributed by atoms with van der Waals surface area (Å²) in [5.41, 5.74) is 13.7. The van der Waals surface area contributed by atoms with Gasteiger partial charge in [0.15, 0.2) is 0 Å². The van der Waals surface area contributed by atoms with Crippen molar-refractivity contribution >= 4 is 45.4 Å². The van der Waals surface area contributed by atoms with Gasteiger partial charge in [-0.05, 0) is 158 Å². The van der Waals surface area contributed by atoms with Crippen molar-refractivity contribution in [2.24, 2.45) is 9.98 Å². The van der Waals surface area contributed by atoms with Gasteiger partial charge in [-0.1, -0.05) is 58.6 Å². The van der Waals surface area contributed by atoms with Gasteiger partial charge in [-0.25, -0.2) is 4.98 Å². The molecule has 0 spiro atoms. The molecule has 0 amide bonds. The van der Waals surface area contributed by atoms with E-state index in [4.69, 9.17) is 15.0 Å². The van der Waals surface area contributed by atoms with E-state index in [0.29, 0.717) is 0 Å². The first-order valence-electron chi connectivity index (χ1n) is 16.7. The van der Waals surface area contributed by atoms with E-state index in [9.17, 15) is 0 Å². The molecular formula is C38H48IN3. The molecule has 42 heavy (non-hydrogen) atoms. The van der Waals surface area contributed by atoms with Gasteiger partial charge in [0.1, 0.15) is 0 Å². The van der Waals surface area contributed by atoms with Crippen LogP contribution in [0.2, 0.25) is 0 Å². The maximum atomic E-state index is 5.40. The van der Waals surface area contributed by atoms with Crippen LogP contribution in [0.1, 0.15) is 131 Å². The Morgan fingerprint density at radius 2 is 1.07 bits per heavy atom. The maximum Gasteiger partial charge on any atom is 0.0884 e. The fourth-order valence-corrected chi connectivity index (χ4v) is 7.14. The second-order valence-electron chi connectivity index (χ2n) is 12.3. The Morgan fingerprint density at radius 1 is 0.571 bits per heavy atom. The molecule has 4 heteroatoms. The minimum Gasteiger partial charge on any atom is -0.251 e. The topological polar surface area (TPSA) is 37.6 Å². The summed E-state index contributed by atoms with van der Waals surface area (Å²) >= 11 is 2.44. The molecule has 0 bridgehead atoms. The van der Waals surface area contributed by atoms with Gasteiger partial charge in [0.05, 0.1) is 34.2 Å². The summed E-state index contributed by atoms with van der Waals surface area (Å²) in [5, 5.41) is 0. The average molecular weight is 674 g/mol. The molecule has 0 fully saturated rings. The molecule has 0 aliphatic heterocycles. The second kappa shape index (κ2) is 15.4. The van der Waals surface area contributed by atoms with Crippen molar-refractivity contribution in [1.29, 1.82) is 0 Å². The number of halogens is 1. The Morgan fingerprint density at radius 3 is 1.62 bits per heavy atom. The van der Waals surface area contributed by atoms with Crippen molar-refractivity contribution in [1.82, 2.24) is 4.98 Å². The summed E-state index contributed by atoms with van der Waals surface area (Å²) in [5.74, 6) is 0. The summed E-state index contributed by atoms with van der Waals surface area (Å²) < 4.78 is 1.26. The van der Waals surface area contributed by atoms with Gasteiger partial charge in [-0.15, -0.1) is 0 Å². The average Bonchev–Trinajstić information content (AvgIpc) is 2.98. The van der Waals surface area contributed by atoms with Crippen LogP contribution < -0.4 is 0 Å². The van der Waals surface area contributed by atoms with Crippen LogP contribution in [0.3, 0.4) is 0 Å². The van der Waals surface area contributed by atoms with Crippen molar-refractivity contribution in [2.75, 3.05) is 0 Å². The van der Waals surface area contributed by atoms with Crippen LogP contribution in [0.15, 0.2) is 52.4 Å². The van der Waals surface area contributed by atoms with Crippen LogP contribution in [0.5, 0.6) is 0 Å². The Kier molecular flexibility index (Phi) is 11.4. The SMILES string of the molecule is CCCCCc1cc(CCCC)cc(N=C2CCCc3cc4c(nc32)C(=Nc2cc(I)cc(CCCC)c2)CCC4)c1. The number of hydrogen-bond acceptors (Lipinski definition) is 3. The van der Waals surface area contributed by atoms with Crippen LogP contribution in [0.25, 0.3) is 0 Å². The number of aromatic nitrogens is 1. The number of unbranched alkanes of at least 4 members (excludes halogenated alkanes) is 4. The molecule has 0 saturated heterocycles. The molecule has 1 aromatic heterocycles. The van der Waals surface area contributed by atoms with E-state index < -0.39 is 0 Å². The maximum absolute atomic E-state index is 5.40. The van der Waals surface area contributed by atoms with E-state index in [-0.39, 0.29) is 0 Å². The zero-order chi connectivity index (χ0) is 29.3. The highest BCUT2D eigenvalue weighted by atomic mass is 127. The molecule has 2 aliphatic rings. The van der Waals surface area contributed by atoms with Crippen molar-refractivity contribution in [3.8, 4) is 0 Å². The lowest BCUT2D eigenvalue weighted by molar-refractivity contribution is 0.716. The molecular weight excluding hydrogens is 625 g/mol. The second-order valence-corrected chi connectivity index (χ2v) is 13.6. The van der Waals surface area contributed by atoms with E-state index >= 15 is 0 Å². The lowest BCUT2D eigenvalue weighted by Gasteiger charge is -2.24. The number of fused-ring (bicyclic) bond motifs is 2. The molecule has 1 heterocycles. The van der Waals surface area contributed by atoms with E-state index in [2.05, 4.69) is 85.8 Å². The molecule has 3 aromatic rings. The van der Waals surface area contributed by atoms with Gasteiger partial charge in [-0.2, -0.15) is 0 Å². The smallest absolute Gasteiger partial charge is 0.0884 e. The molecule has 0 saturated carbocycles. The van der Waals surface area contributed by atoms with Gasteiger partial charge >= 0.3 is 0 Å². The summed E-state index contributed by atoms with van der Waals surface area (Å²) in [6, 6.07) is 16.3. The first-order valence-corrected chi connectivity index (χ1v) is 17.7. The predicted octanol–water partition coefficient (Wildman–Crippen LogP) is 11.0. The first kappa shape index (κ1) is 31.1. The van der Waals surface area contributed by atoms with Crippen LogP contribution in [-0.4, -0.2) is 16.4 Å². The zero-order valence-electron chi connectivity index (χ0n) is 26.1. The Bertz CT molecular complexity index is 1430. The van der Waals surface area contributed by atoms with Crippen molar-refractivity contribution in [3.05, 3.63) is 85.2 Å². The molecule has 222 valence electrons. The fraction of sp³-hybridized carbons (Fsp3) is 0.500. The van der Waals surface area contributed by atoms with E-state index in [1.165, 1.54) is 76.3 Å². The van der Waals surface area contributed by atoms with Gasteiger partial charge in [0.2, 0.25) is 0 Å². The lowest BCUT2D eigenvalue weighted by atomic mass is 9.87. The molecule has 0 unspecified atom stereocenters. The Labute approximate surface area is 267 Å². The van der Waals surface area contributed by atoms with Crippen LogP contribution in [0, 0.1) is 3.57 Å². The number of pyridine rings is 1. The van der Waals surface area contributed by atoms with Crippen molar-refractivity contribution in [3.63, 3.8) is 0 Å². The number of benzene rings is 2.